The lowest BCUT2D eigenvalue weighted by atomic mass is 10.1. The number of hydrogen-bond acceptors (Lipinski definition) is 6. The third kappa shape index (κ3) is 3.12. The number of carbonyl (C=O) groups excluding carboxylic acids is 2. The molecule has 0 aliphatic rings. The second-order valence-electron chi connectivity index (χ2n) is 4.06. The Morgan fingerprint density at radius 2 is 2.15 bits per heavy atom. The van der Waals surface area contributed by atoms with Crippen LogP contribution in [0.3, 0.4) is 0 Å². The van der Waals surface area contributed by atoms with Crippen LogP contribution in [0.2, 0.25) is 0 Å². The van der Waals surface area contributed by atoms with Gasteiger partial charge in [0.15, 0.2) is 5.13 Å². The topological polar surface area (TPSA) is 94.3 Å². The van der Waals surface area contributed by atoms with Gasteiger partial charge in [0.2, 0.25) is 0 Å². The SMILES string of the molecule is CC(=O)Oc1cccc(C)c1C(=O)Nc1ncc(N)s1. The summed E-state index contributed by atoms with van der Waals surface area (Å²) in [6.45, 7) is 3.05. The molecule has 0 aliphatic heterocycles. The lowest BCUT2D eigenvalue weighted by Gasteiger charge is -2.10. The summed E-state index contributed by atoms with van der Waals surface area (Å²) in [4.78, 5) is 27.3. The van der Waals surface area contributed by atoms with Gasteiger partial charge in [-0.1, -0.05) is 23.5 Å². The molecule has 0 spiro atoms. The number of anilines is 2. The van der Waals surface area contributed by atoms with Gasteiger partial charge in [0.05, 0.1) is 11.8 Å². The first-order valence-corrected chi connectivity index (χ1v) is 6.59. The first kappa shape index (κ1) is 14.0. The molecular formula is C13H13N3O3S. The highest BCUT2D eigenvalue weighted by molar-refractivity contribution is 7.19. The normalized spacial score (nSPS) is 10.1. The molecule has 0 atom stereocenters. The Morgan fingerprint density at radius 3 is 2.75 bits per heavy atom. The number of hydrogen-bond donors (Lipinski definition) is 2. The van der Waals surface area contributed by atoms with Gasteiger partial charge in [0, 0.05) is 6.92 Å². The van der Waals surface area contributed by atoms with E-state index in [2.05, 4.69) is 10.3 Å². The van der Waals surface area contributed by atoms with Crippen LogP contribution in [-0.2, 0) is 4.79 Å². The Hall–Kier alpha value is -2.41. The van der Waals surface area contributed by atoms with E-state index in [0.29, 0.717) is 21.3 Å². The fraction of sp³-hybridized carbons (Fsp3) is 0.154. The zero-order valence-corrected chi connectivity index (χ0v) is 11.8. The number of nitrogens with two attached hydrogens (primary N) is 1. The molecule has 3 N–H and O–H groups in total. The van der Waals surface area contributed by atoms with Gasteiger partial charge in [-0.05, 0) is 18.6 Å². The minimum Gasteiger partial charge on any atom is -0.426 e. The molecule has 0 radical (unpaired) electrons. The van der Waals surface area contributed by atoms with Crippen molar-refractivity contribution < 1.29 is 14.3 Å². The molecule has 6 nitrogen and oxygen atoms in total. The van der Waals surface area contributed by atoms with Crippen molar-refractivity contribution in [3.8, 4) is 5.75 Å². The molecule has 0 saturated carbocycles. The molecule has 1 amide bonds. The number of esters is 1. The quantitative estimate of drug-likeness (QED) is 0.668. The van der Waals surface area contributed by atoms with Crippen LogP contribution in [0.25, 0.3) is 0 Å². The summed E-state index contributed by atoms with van der Waals surface area (Å²) in [5.41, 5.74) is 6.56. The predicted molar refractivity (Wildman–Crippen MR) is 77.0 cm³/mol. The summed E-state index contributed by atoms with van der Waals surface area (Å²) in [6, 6.07) is 5.05. The highest BCUT2D eigenvalue weighted by Crippen LogP contribution is 2.25. The highest BCUT2D eigenvalue weighted by Gasteiger charge is 2.17. The van der Waals surface area contributed by atoms with E-state index in [1.807, 2.05) is 0 Å². The van der Waals surface area contributed by atoms with E-state index < -0.39 is 11.9 Å². The molecule has 2 aromatic rings. The molecule has 104 valence electrons. The third-order valence-electron chi connectivity index (χ3n) is 2.46. The molecule has 7 heteroatoms. The highest BCUT2D eigenvalue weighted by atomic mass is 32.1. The van der Waals surface area contributed by atoms with Gasteiger partial charge in [0.1, 0.15) is 10.8 Å². The summed E-state index contributed by atoms with van der Waals surface area (Å²) in [5, 5.41) is 3.53. The maximum atomic E-state index is 12.3. The van der Waals surface area contributed by atoms with Gasteiger partial charge in [-0.3, -0.25) is 14.9 Å². The summed E-state index contributed by atoms with van der Waals surface area (Å²) < 4.78 is 5.05. The lowest BCUT2D eigenvalue weighted by Crippen LogP contribution is -2.16. The molecule has 1 aromatic heterocycles. The second-order valence-corrected chi connectivity index (χ2v) is 5.13. The molecule has 1 heterocycles. The monoisotopic (exact) mass is 291 g/mol. The minimum atomic E-state index is -0.483. The number of nitrogens with one attached hydrogen (secondary N) is 1. The van der Waals surface area contributed by atoms with Gasteiger partial charge in [0.25, 0.3) is 5.91 Å². The number of amides is 1. The van der Waals surface area contributed by atoms with Crippen molar-refractivity contribution in [2.45, 2.75) is 13.8 Å². The number of nitrogens with zero attached hydrogens (tertiary/aromatic N) is 1. The van der Waals surface area contributed by atoms with E-state index in [9.17, 15) is 9.59 Å². The lowest BCUT2D eigenvalue weighted by molar-refractivity contribution is -0.131. The Balaban J connectivity index is 2.30. The van der Waals surface area contributed by atoms with Gasteiger partial charge in [-0.15, -0.1) is 0 Å². The van der Waals surface area contributed by atoms with Crippen molar-refractivity contribution >= 4 is 33.3 Å². The van der Waals surface area contributed by atoms with Crippen LogP contribution >= 0.6 is 11.3 Å². The first-order chi connectivity index (χ1) is 9.47. The molecular weight excluding hydrogens is 278 g/mol. The van der Waals surface area contributed by atoms with Gasteiger partial charge < -0.3 is 10.5 Å². The number of aromatic nitrogens is 1. The van der Waals surface area contributed by atoms with Crippen LogP contribution in [0.15, 0.2) is 24.4 Å². The standard InChI is InChI=1S/C13H13N3O3S/c1-7-4-3-5-9(19-8(2)17)11(7)12(18)16-13-15-6-10(14)20-13/h3-6H,14H2,1-2H3,(H,15,16,18). The molecule has 0 fully saturated rings. The summed E-state index contributed by atoms with van der Waals surface area (Å²) in [7, 11) is 0. The molecule has 20 heavy (non-hydrogen) atoms. The molecule has 2 rings (SSSR count). The smallest absolute Gasteiger partial charge is 0.308 e. The van der Waals surface area contributed by atoms with Crippen molar-refractivity contribution in [3.63, 3.8) is 0 Å². The summed E-state index contributed by atoms with van der Waals surface area (Å²) >= 11 is 1.16. The van der Waals surface area contributed by atoms with Crippen LogP contribution in [0, 0.1) is 6.92 Å². The maximum absolute atomic E-state index is 12.3. The zero-order valence-electron chi connectivity index (χ0n) is 11.0. The number of nitrogen functional groups attached to an aromatic ring is 1. The number of thiazole rings is 1. The minimum absolute atomic E-state index is 0.222. The van der Waals surface area contributed by atoms with Crippen LogP contribution in [0.1, 0.15) is 22.8 Å². The van der Waals surface area contributed by atoms with Crippen molar-refractivity contribution in [3.05, 3.63) is 35.5 Å². The van der Waals surface area contributed by atoms with Crippen molar-refractivity contribution in [1.29, 1.82) is 0 Å². The number of rotatable bonds is 3. The first-order valence-electron chi connectivity index (χ1n) is 5.78. The number of aryl methyl sites for hydroxylation is 1. The van der Waals surface area contributed by atoms with Gasteiger partial charge >= 0.3 is 5.97 Å². The van der Waals surface area contributed by atoms with E-state index in [4.69, 9.17) is 10.5 Å². The van der Waals surface area contributed by atoms with Crippen LogP contribution < -0.4 is 15.8 Å². The van der Waals surface area contributed by atoms with E-state index in [1.165, 1.54) is 13.1 Å². The fourth-order valence-electron chi connectivity index (χ4n) is 1.68. The van der Waals surface area contributed by atoms with Crippen molar-refractivity contribution in [1.82, 2.24) is 4.98 Å². The summed E-state index contributed by atoms with van der Waals surface area (Å²) in [5.74, 6) is -0.656. The molecule has 0 unspecified atom stereocenters. The van der Waals surface area contributed by atoms with E-state index in [1.54, 1.807) is 25.1 Å². The Morgan fingerprint density at radius 1 is 1.40 bits per heavy atom. The molecule has 0 aliphatic carbocycles. The molecule has 0 saturated heterocycles. The average molecular weight is 291 g/mol. The van der Waals surface area contributed by atoms with Crippen LogP contribution in [-0.4, -0.2) is 16.9 Å². The Bertz CT molecular complexity index is 667. The number of benzene rings is 1. The average Bonchev–Trinajstić information content (AvgIpc) is 2.73. The Kier molecular flexibility index (Phi) is 3.99. The maximum Gasteiger partial charge on any atom is 0.308 e. The molecule has 0 bridgehead atoms. The van der Waals surface area contributed by atoms with Crippen molar-refractivity contribution in [2.75, 3.05) is 11.1 Å². The fourth-order valence-corrected chi connectivity index (χ4v) is 2.25. The zero-order chi connectivity index (χ0) is 14.7. The van der Waals surface area contributed by atoms with E-state index >= 15 is 0 Å². The molecule has 1 aromatic carbocycles. The summed E-state index contributed by atoms with van der Waals surface area (Å²) in [6.07, 6.45) is 1.46. The largest absolute Gasteiger partial charge is 0.426 e. The number of carbonyl (C=O) groups is 2. The van der Waals surface area contributed by atoms with E-state index in [0.717, 1.165) is 11.3 Å². The Labute approximate surface area is 119 Å². The second kappa shape index (κ2) is 5.70. The van der Waals surface area contributed by atoms with Crippen LogP contribution in [0.4, 0.5) is 10.1 Å². The van der Waals surface area contributed by atoms with Crippen LogP contribution in [0.5, 0.6) is 5.75 Å². The number of ether oxygens (including phenoxy) is 1. The van der Waals surface area contributed by atoms with Gasteiger partial charge in [-0.2, -0.15) is 0 Å². The van der Waals surface area contributed by atoms with E-state index in [-0.39, 0.29) is 5.75 Å². The van der Waals surface area contributed by atoms with Crippen molar-refractivity contribution in [2.24, 2.45) is 0 Å². The predicted octanol–water partition coefficient (Wildman–Crippen LogP) is 2.21. The third-order valence-corrected chi connectivity index (χ3v) is 3.20. The van der Waals surface area contributed by atoms with Gasteiger partial charge in [-0.25, -0.2) is 4.98 Å².